The highest BCUT2D eigenvalue weighted by molar-refractivity contribution is 7.92. The summed E-state index contributed by atoms with van der Waals surface area (Å²) in [7, 11) is -3.42. The van der Waals surface area contributed by atoms with Crippen LogP contribution >= 0.6 is 0 Å². The van der Waals surface area contributed by atoms with Crippen molar-refractivity contribution in [3.8, 4) is 0 Å². The molecule has 0 saturated carbocycles. The number of imidazole rings is 1. The Labute approximate surface area is 228 Å². The van der Waals surface area contributed by atoms with E-state index in [1.54, 1.807) is 11.1 Å². The zero-order chi connectivity index (χ0) is 27.6. The molecule has 0 unspecified atom stereocenters. The van der Waals surface area contributed by atoms with Gasteiger partial charge in [-0.05, 0) is 30.0 Å². The molecule has 2 atom stereocenters. The van der Waals surface area contributed by atoms with Crippen molar-refractivity contribution in [1.29, 1.82) is 0 Å². The Bertz CT molecular complexity index is 1420. The lowest BCUT2D eigenvalue weighted by Gasteiger charge is -2.41. The molecular formula is C28H34N6O4S. The molecule has 1 saturated heterocycles. The molecule has 2 aliphatic heterocycles. The molecule has 11 heteroatoms. The van der Waals surface area contributed by atoms with Crippen LogP contribution in [-0.4, -0.2) is 73.1 Å². The number of para-hydroxylation sites is 1. The first kappa shape index (κ1) is 26.9. The maximum Gasteiger partial charge on any atom is 0.245 e. The summed E-state index contributed by atoms with van der Waals surface area (Å²) in [6.07, 6.45) is 6.27. The second-order valence-electron chi connectivity index (χ2n) is 10.5. The van der Waals surface area contributed by atoms with E-state index in [-0.39, 0.29) is 17.7 Å². The van der Waals surface area contributed by atoms with E-state index in [1.165, 1.54) is 16.9 Å². The molecule has 2 aliphatic rings. The average molecular weight is 551 g/mol. The van der Waals surface area contributed by atoms with Crippen LogP contribution in [0.3, 0.4) is 0 Å². The topological polar surface area (TPSA) is 141 Å². The first-order chi connectivity index (χ1) is 18.7. The highest BCUT2D eigenvalue weighted by Crippen LogP contribution is 2.47. The second kappa shape index (κ2) is 10.8. The molecule has 206 valence electrons. The number of nitrogens with one attached hydrogen (secondary N) is 2. The van der Waals surface area contributed by atoms with Crippen molar-refractivity contribution < 1.29 is 18.0 Å². The van der Waals surface area contributed by atoms with Crippen LogP contribution in [0.25, 0.3) is 0 Å². The highest BCUT2D eigenvalue weighted by atomic mass is 32.2. The Morgan fingerprint density at radius 1 is 1.08 bits per heavy atom. The Hall–Kier alpha value is -3.70. The van der Waals surface area contributed by atoms with E-state index in [4.69, 9.17) is 5.73 Å². The Kier molecular flexibility index (Phi) is 7.46. The number of carbonyl (C=O) groups excluding carboxylic acids is 2. The van der Waals surface area contributed by atoms with Gasteiger partial charge in [-0.25, -0.2) is 13.4 Å². The summed E-state index contributed by atoms with van der Waals surface area (Å²) < 4.78 is 26.5. The lowest BCUT2D eigenvalue weighted by atomic mass is 9.74. The van der Waals surface area contributed by atoms with Crippen LogP contribution < -0.4 is 15.4 Å². The van der Waals surface area contributed by atoms with Gasteiger partial charge in [0.2, 0.25) is 21.8 Å². The molecule has 2 amide bonds. The van der Waals surface area contributed by atoms with Gasteiger partial charge in [-0.2, -0.15) is 0 Å². The zero-order valence-electron chi connectivity index (χ0n) is 21.9. The summed E-state index contributed by atoms with van der Waals surface area (Å²) in [5, 5.41) is 2.90. The van der Waals surface area contributed by atoms with E-state index in [0.717, 1.165) is 22.5 Å². The second-order valence-corrected chi connectivity index (χ2v) is 12.4. The van der Waals surface area contributed by atoms with Crippen LogP contribution in [0.5, 0.6) is 0 Å². The maximum absolute atomic E-state index is 13.8. The van der Waals surface area contributed by atoms with Gasteiger partial charge in [0.25, 0.3) is 0 Å². The quantitative estimate of drug-likeness (QED) is 0.387. The van der Waals surface area contributed by atoms with Gasteiger partial charge in [-0.3, -0.25) is 13.9 Å². The number of nitrogens with zero attached hydrogens (tertiary/aromatic N) is 3. The number of aromatic amines is 1. The SMILES string of the molecule is CS(=O)(=O)N1CC2(CCN(C(=O)[C@@H](Cc3ccccc3)NC(=O)[C@@H](N)Cc3cnc[nH]3)CC2)c2ccccc21. The molecule has 3 aromatic rings. The van der Waals surface area contributed by atoms with E-state index in [0.29, 0.717) is 38.9 Å². The van der Waals surface area contributed by atoms with Crippen molar-refractivity contribution in [2.24, 2.45) is 5.73 Å². The van der Waals surface area contributed by atoms with Gasteiger partial charge in [0, 0.05) is 49.8 Å². The predicted molar refractivity (Wildman–Crippen MR) is 148 cm³/mol. The van der Waals surface area contributed by atoms with E-state index < -0.39 is 28.0 Å². The fraction of sp³-hybridized carbons (Fsp3) is 0.393. The number of fused-ring (bicyclic) bond motifs is 2. The molecule has 0 bridgehead atoms. The Morgan fingerprint density at radius 3 is 2.44 bits per heavy atom. The summed E-state index contributed by atoms with van der Waals surface area (Å²) in [4.78, 5) is 35.5. The number of hydrogen-bond acceptors (Lipinski definition) is 6. The number of aromatic nitrogens is 2. The van der Waals surface area contributed by atoms with Gasteiger partial charge in [0.05, 0.1) is 24.3 Å². The molecule has 5 rings (SSSR count). The van der Waals surface area contributed by atoms with Crippen molar-refractivity contribution in [3.05, 3.63) is 83.9 Å². The molecule has 2 aromatic carbocycles. The fourth-order valence-corrected chi connectivity index (χ4v) is 6.74. The third-order valence-corrected chi connectivity index (χ3v) is 8.98. The molecule has 39 heavy (non-hydrogen) atoms. The lowest BCUT2D eigenvalue weighted by Crippen LogP contribution is -2.56. The minimum atomic E-state index is -3.42. The number of amides is 2. The van der Waals surface area contributed by atoms with Gasteiger partial charge in [-0.1, -0.05) is 48.5 Å². The predicted octanol–water partition coefficient (Wildman–Crippen LogP) is 1.35. The summed E-state index contributed by atoms with van der Waals surface area (Å²) in [5.74, 6) is -0.567. The average Bonchev–Trinajstić information content (AvgIpc) is 3.55. The standard InChI is InChI=1S/C28H34N6O4S/c1-39(37,38)34-18-28(22-9-5-6-10-25(22)34)11-13-33(14-12-28)27(36)24(15-20-7-3-2-4-8-20)32-26(35)23(29)16-21-17-30-19-31-21/h2-10,17,19,23-24H,11-16,18,29H2,1H3,(H,30,31)(H,32,35)/t23-,24+/m0/s1. The van der Waals surface area contributed by atoms with Crippen molar-refractivity contribution in [2.45, 2.75) is 43.2 Å². The Balaban J connectivity index is 1.31. The lowest BCUT2D eigenvalue weighted by molar-refractivity contribution is -0.138. The van der Waals surface area contributed by atoms with Crippen molar-refractivity contribution in [1.82, 2.24) is 20.2 Å². The van der Waals surface area contributed by atoms with Crippen molar-refractivity contribution in [2.75, 3.05) is 30.2 Å². The molecule has 1 spiro atoms. The van der Waals surface area contributed by atoms with E-state index in [1.807, 2.05) is 54.6 Å². The fourth-order valence-electron chi connectivity index (χ4n) is 5.74. The summed E-state index contributed by atoms with van der Waals surface area (Å²) in [6.45, 7) is 1.30. The number of H-pyrrole nitrogens is 1. The van der Waals surface area contributed by atoms with E-state index >= 15 is 0 Å². The Morgan fingerprint density at radius 2 is 1.77 bits per heavy atom. The van der Waals surface area contributed by atoms with Gasteiger partial charge in [-0.15, -0.1) is 0 Å². The van der Waals surface area contributed by atoms with Gasteiger partial charge < -0.3 is 20.9 Å². The number of sulfonamides is 1. The van der Waals surface area contributed by atoms with Gasteiger partial charge in [0.15, 0.2) is 0 Å². The normalized spacial score (nSPS) is 18.0. The molecule has 0 radical (unpaired) electrons. The number of hydrogen-bond donors (Lipinski definition) is 3. The molecule has 4 N–H and O–H groups in total. The van der Waals surface area contributed by atoms with Gasteiger partial charge in [0.1, 0.15) is 6.04 Å². The molecule has 1 fully saturated rings. The number of anilines is 1. The monoisotopic (exact) mass is 550 g/mol. The number of nitrogens with two attached hydrogens (primary N) is 1. The third kappa shape index (κ3) is 5.69. The number of piperidine rings is 1. The van der Waals surface area contributed by atoms with Crippen LogP contribution in [0.15, 0.2) is 67.1 Å². The first-order valence-electron chi connectivity index (χ1n) is 13.1. The maximum atomic E-state index is 13.8. The summed E-state index contributed by atoms with van der Waals surface area (Å²) in [5.41, 5.74) is 9.23. The van der Waals surface area contributed by atoms with Crippen molar-refractivity contribution in [3.63, 3.8) is 0 Å². The highest BCUT2D eigenvalue weighted by Gasteiger charge is 2.47. The first-order valence-corrected chi connectivity index (χ1v) is 14.9. The molecule has 3 heterocycles. The van der Waals surface area contributed by atoms with Crippen molar-refractivity contribution >= 4 is 27.5 Å². The number of carbonyl (C=O) groups is 2. The largest absolute Gasteiger partial charge is 0.348 e. The van der Waals surface area contributed by atoms with E-state index in [2.05, 4.69) is 15.3 Å². The van der Waals surface area contributed by atoms with E-state index in [9.17, 15) is 18.0 Å². The number of benzene rings is 2. The van der Waals surface area contributed by atoms with Gasteiger partial charge >= 0.3 is 0 Å². The summed E-state index contributed by atoms with van der Waals surface area (Å²) >= 11 is 0. The zero-order valence-corrected chi connectivity index (χ0v) is 22.7. The van der Waals surface area contributed by atoms with Crippen LogP contribution in [0.1, 0.15) is 29.7 Å². The smallest absolute Gasteiger partial charge is 0.245 e. The van der Waals surface area contributed by atoms with Crippen LogP contribution in [-0.2, 0) is 37.9 Å². The molecule has 1 aromatic heterocycles. The minimum absolute atomic E-state index is 0.165. The molecule has 0 aliphatic carbocycles. The van der Waals surface area contributed by atoms with Crippen LogP contribution in [0.4, 0.5) is 5.69 Å². The number of rotatable bonds is 8. The molecule has 10 nitrogen and oxygen atoms in total. The number of likely N-dealkylation sites (tertiary alicyclic amines) is 1. The van der Waals surface area contributed by atoms with Crippen LogP contribution in [0.2, 0.25) is 0 Å². The minimum Gasteiger partial charge on any atom is -0.348 e. The summed E-state index contributed by atoms with van der Waals surface area (Å²) in [6, 6.07) is 15.6. The molecular weight excluding hydrogens is 516 g/mol. The third-order valence-electron chi connectivity index (χ3n) is 7.85. The van der Waals surface area contributed by atoms with Crippen LogP contribution in [0, 0.1) is 0 Å².